The minimum absolute atomic E-state index is 0.233. The highest BCUT2D eigenvalue weighted by molar-refractivity contribution is 8.03. The lowest BCUT2D eigenvalue weighted by Gasteiger charge is -2.23. The molecule has 26 heavy (non-hydrogen) atoms. The van der Waals surface area contributed by atoms with Crippen molar-refractivity contribution < 1.29 is 4.92 Å². The number of nitrogens with one attached hydrogen (secondary N) is 1. The molecule has 3 rings (SSSR count). The molecule has 1 aliphatic rings. The lowest BCUT2D eigenvalue weighted by Crippen LogP contribution is -2.31. The summed E-state index contributed by atoms with van der Waals surface area (Å²) >= 11 is 1.55. The van der Waals surface area contributed by atoms with Gasteiger partial charge in [0.1, 0.15) is 5.03 Å². The zero-order valence-electron chi connectivity index (χ0n) is 14.6. The summed E-state index contributed by atoms with van der Waals surface area (Å²) in [6.45, 7) is 2.46. The third-order valence-electron chi connectivity index (χ3n) is 4.21. The largest absolute Gasteiger partial charge is 0.374 e. The highest BCUT2D eigenvalue weighted by Crippen LogP contribution is 2.24. The smallest absolute Gasteiger partial charge is 0.289 e. The number of nitrogens with zero attached hydrogens (tertiary/aromatic N) is 2. The first-order chi connectivity index (χ1) is 12.7. The predicted molar refractivity (Wildman–Crippen MR) is 106 cm³/mol. The maximum Gasteiger partial charge on any atom is 0.289 e. The lowest BCUT2D eigenvalue weighted by atomic mass is 10.1. The monoisotopic (exact) mass is 369 g/mol. The predicted octanol–water partition coefficient (Wildman–Crippen LogP) is 3.86. The van der Waals surface area contributed by atoms with Gasteiger partial charge in [-0.1, -0.05) is 60.7 Å². The fraction of sp³-hybridized carbons (Fsp3) is 0.300. The first kappa shape index (κ1) is 18.5. The molecule has 0 amide bonds. The number of hydrogen-bond donors (Lipinski definition) is 1. The summed E-state index contributed by atoms with van der Waals surface area (Å²) in [7, 11) is 0. The molecule has 1 aliphatic heterocycles. The van der Waals surface area contributed by atoms with Gasteiger partial charge in [0.2, 0.25) is 0 Å². The zero-order chi connectivity index (χ0) is 18.2. The van der Waals surface area contributed by atoms with Gasteiger partial charge in [-0.15, -0.1) is 11.8 Å². The average Bonchev–Trinajstić information content (AvgIpc) is 2.68. The van der Waals surface area contributed by atoms with Crippen LogP contribution in [0.2, 0.25) is 0 Å². The van der Waals surface area contributed by atoms with Crippen molar-refractivity contribution in [3.8, 4) is 0 Å². The highest BCUT2D eigenvalue weighted by Gasteiger charge is 2.24. The molecule has 0 aromatic heterocycles. The van der Waals surface area contributed by atoms with E-state index < -0.39 is 0 Å². The molecule has 6 heteroatoms. The summed E-state index contributed by atoms with van der Waals surface area (Å²) in [5, 5.41) is 15.6. The number of nitro groups is 1. The van der Waals surface area contributed by atoms with E-state index in [1.807, 2.05) is 36.4 Å². The van der Waals surface area contributed by atoms with Crippen LogP contribution in [0.3, 0.4) is 0 Å². The summed E-state index contributed by atoms with van der Waals surface area (Å²) < 4.78 is 0. The van der Waals surface area contributed by atoms with Crippen molar-refractivity contribution in [2.75, 3.05) is 18.8 Å². The van der Waals surface area contributed by atoms with Crippen LogP contribution in [-0.2, 0) is 13.1 Å². The first-order valence-corrected chi connectivity index (χ1v) is 9.75. The van der Waals surface area contributed by atoms with E-state index in [0.717, 1.165) is 29.8 Å². The molecule has 5 nitrogen and oxygen atoms in total. The second-order valence-corrected chi connectivity index (χ2v) is 7.38. The van der Waals surface area contributed by atoms with Crippen LogP contribution in [0, 0.1) is 10.1 Å². The van der Waals surface area contributed by atoms with Crippen LogP contribution < -0.4 is 5.32 Å². The van der Waals surface area contributed by atoms with Crippen molar-refractivity contribution in [3.05, 3.63) is 92.6 Å². The van der Waals surface area contributed by atoms with Gasteiger partial charge in [-0.2, -0.15) is 0 Å². The maximum atomic E-state index is 11.7. The molecule has 0 saturated carbocycles. The van der Waals surface area contributed by atoms with Crippen molar-refractivity contribution in [1.82, 2.24) is 10.2 Å². The van der Waals surface area contributed by atoms with E-state index >= 15 is 0 Å². The Balaban J connectivity index is 1.82. The van der Waals surface area contributed by atoms with Gasteiger partial charge in [0.05, 0.1) is 11.5 Å². The van der Waals surface area contributed by atoms with Crippen molar-refractivity contribution >= 4 is 11.8 Å². The number of hydrogen-bond acceptors (Lipinski definition) is 5. The molecule has 0 spiro atoms. The third kappa shape index (κ3) is 5.34. The molecule has 0 radical (unpaired) electrons. The van der Waals surface area contributed by atoms with E-state index in [9.17, 15) is 10.1 Å². The Bertz CT molecular complexity index is 701. The van der Waals surface area contributed by atoms with Crippen LogP contribution in [0.5, 0.6) is 0 Å². The zero-order valence-corrected chi connectivity index (χ0v) is 15.5. The van der Waals surface area contributed by atoms with E-state index in [2.05, 4.69) is 34.5 Å². The van der Waals surface area contributed by atoms with E-state index in [1.165, 1.54) is 0 Å². The van der Waals surface area contributed by atoms with Crippen molar-refractivity contribution in [1.29, 1.82) is 0 Å². The number of thioether (sulfide) groups is 1. The minimum atomic E-state index is -0.233. The molecular weight excluding hydrogens is 346 g/mol. The standard InChI is InChI=1S/C20H23N3O2S/c24-23(25)19(20-21-12-7-13-26-20)16-22(14-17-8-3-1-4-9-17)15-18-10-5-2-6-11-18/h1-6,8-11,21H,7,12-16H2/b20-19-. The number of benzene rings is 2. The summed E-state index contributed by atoms with van der Waals surface area (Å²) in [6.07, 6.45) is 1.04. The van der Waals surface area contributed by atoms with E-state index in [0.29, 0.717) is 24.7 Å². The van der Waals surface area contributed by atoms with E-state index in [-0.39, 0.29) is 10.6 Å². The third-order valence-corrected chi connectivity index (χ3v) is 5.37. The first-order valence-electron chi connectivity index (χ1n) is 8.77. The van der Waals surface area contributed by atoms with Gasteiger partial charge in [0.15, 0.2) is 0 Å². The SMILES string of the molecule is O=[N+]([O-])/C(CN(Cc1ccccc1)Cc1ccccc1)=C1/NCCCS1. The summed E-state index contributed by atoms with van der Waals surface area (Å²) in [6, 6.07) is 20.2. The van der Waals surface area contributed by atoms with Crippen molar-refractivity contribution in [3.63, 3.8) is 0 Å². The van der Waals surface area contributed by atoms with Gasteiger partial charge in [0.25, 0.3) is 5.70 Å². The van der Waals surface area contributed by atoms with Crippen LogP contribution in [0.15, 0.2) is 71.4 Å². The molecule has 2 aromatic rings. The average molecular weight is 369 g/mol. The van der Waals surface area contributed by atoms with Gasteiger partial charge in [-0.25, -0.2) is 0 Å². The molecule has 0 atom stereocenters. The minimum Gasteiger partial charge on any atom is -0.374 e. The topological polar surface area (TPSA) is 58.4 Å². The van der Waals surface area contributed by atoms with Gasteiger partial charge >= 0.3 is 0 Å². The Morgan fingerprint density at radius 1 is 1.04 bits per heavy atom. The van der Waals surface area contributed by atoms with Gasteiger partial charge in [0, 0.05) is 25.4 Å². The van der Waals surface area contributed by atoms with E-state index in [1.54, 1.807) is 11.8 Å². The van der Waals surface area contributed by atoms with Crippen LogP contribution in [0.25, 0.3) is 0 Å². The van der Waals surface area contributed by atoms with Crippen LogP contribution in [-0.4, -0.2) is 28.7 Å². The fourth-order valence-electron chi connectivity index (χ4n) is 2.96. The molecule has 1 saturated heterocycles. The normalized spacial score (nSPS) is 16.2. The molecule has 0 aliphatic carbocycles. The second-order valence-electron chi connectivity index (χ2n) is 6.28. The molecule has 1 N–H and O–H groups in total. The Labute approximate surface area is 158 Å². The lowest BCUT2D eigenvalue weighted by molar-refractivity contribution is -0.429. The Morgan fingerprint density at radius 3 is 2.08 bits per heavy atom. The molecular formula is C20H23N3O2S. The van der Waals surface area contributed by atoms with Crippen LogP contribution in [0.4, 0.5) is 0 Å². The quantitative estimate of drug-likeness (QED) is 0.593. The Hall–Kier alpha value is -2.31. The van der Waals surface area contributed by atoms with Crippen LogP contribution in [0.1, 0.15) is 17.5 Å². The van der Waals surface area contributed by atoms with Crippen molar-refractivity contribution in [2.24, 2.45) is 0 Å². The molecule has 136 valence electrons. The van der Waals surface area contributed by atoms with Gasteiger partial charge in [-0.3, -0.25) is 15.0 Å². The van der Waals surface area contributed by atoms with E-state index in [4.69, 9.17) is 0 Å². The van der Waals surface area contributed by atoms with Gasteiger partial charge in [-0.05, 0) is 17.5 Å². The molecule has 0 unspecified atom stereocenters. The van der Waals surface area contributed by atoms with Crippen molar-refractivity contribution in [2.45, 2.75) is 19.5 Å². The fourth-order valence-corrected chi connectivity index (χ4v) is 3.96. The molecule has 1 heterocycles. The summed E-state index contributed by atoms with van der Waals surface area (Å²) in [5.41, 5.74) is 2.57. The number of rotatable bonds is 7. The molecule has 2 aromatic carbocycles. The second kappa shape index (κ2) is 9.40. The summed E-state index contributed by atoms with van der Waals surface area (Å²) in [4.78, 5) is 13.6. The van der Waals surface area contributed by atoms with Crippen LogP contribution >= 0.6 is 11.8 Å². The highest BCUT2D eigenvalue weighted by atomic mass is 32.2. The van der Waals surface area contributed by atoms with Gasteiger partial charge < -0.3 is 5.32 Å². The summed E-state index contributed by atoms with van der Waals surface area (Å²) in [5.74, 6) is 0.928. The molecule has 0 bridgehead atoms. The maximum absolute atomic E-state index is 11.7. The molecule has 1 fully saturated rings. The Morgan fingerprint density at radius 2 is 1.62 bits per heavy atom. The Kier molecular flexibility index (Phi) is 6.68.